The van der Waals surface area contributed by atoms with Gasteiger partial charge in [-0.25, -0.2) is 12.7 Å². The Morgan fingerprint density at radius 1 is 1.31 bits per heavy atom. The number of anilines is 1. The Balaban J connectivity index is 0.00000338. The standard InChI is InChI=1S/C17H28N4O3S.ClH/c1-13(18)8-9-19-17(22)15-12-14(25(23,24)20(2)3)6-7-16(15)21-10-4-5-11-21;/h6-7,12-13H,4-5,8-11,18H2,1-3H3,(H,19,22);1H. The molecule has 0 radical (unpaired) electrons. The SMILES string of the molecule is CC(N)CCNC(=O)c1cc(S(=O)(=O)N(C)C)ccc1N1CCCC1.Cl. The van der Waals surface area contributed by atoms with E-state index in [0.717, 1.165) is 35.9 Å². The van der Waals surface area contributed by atoms with E-state index >= 15 is 0 Å². The maximum absolute atomic E-state index is 12.7. The van der Waals surface area contributed by atoms with Crippen molar-refractivity contribution in [1.29, 1.82) is 0 Å². The number of carbonyl (C=O) groups excluding carboxylic acids is 1. The van der Waals surface area contributed by atoms with E-state index in [4.69, 9.17) is 5.73 Å². The van der Waals surface area contributed by atoms with Crippen LogP contribution in [0.3, 0.4) is 0 Å². The summed E-state index contributed by atoms with van der Waals surface area (Å²) in [6, 6.07) is 4.78. The van der Waals surface area contributed by atoms with Gasteiger partial charge in [-0.05, 0) is 44.4 Å². The van der Waals surface area contributed by atoms with Crippen LogP contribution in [-0.2, 0) is 10.0 Å². The summed E-state index contributed by atoms with van der Waals surface area (Å²) in [6.45, 7) is 4.09. The van der Waals surface area contributed by atoms with E-state index in [1.54, 1.807) is 12.1 Å². The second-order valence-corrected chi connectivity index (χ2v) is 8.83. The number of halogens is 1. The van der Waals surface area contributed by atoms with Crippen molar-refractivity contribution in [2.45, 2.75) is 37.1 Å². The van der Waals surface area contributed by atoms with Crippen LogP contribution in [-0.4, -0.2) is 58.4 Å². The predicted molar refractivity (Wildman–Crippen MR) is 107 cm³/mol. The molecule has 0 bridgehead atoms. The predicted octanol–water partition coefficient (Wildman–Crippen LogP) is 1.43. The Morgan fingerprint density at radius 2 is 1.92 bits per heavy atom. The molecule has 0 aromatic heterocycles. The highest BCUT2D eigenvalue weighted by Gasteiger charge is 2.24. The normalized spacial score (nSPS) is 15.7. The van der Waals surface area contributed by atoms with Crippen molar-refractivity contribution in [2.24, 2.45) is 5.73 Å². The second kappa shape index (κ2) is 9.55. The van der Waals surface area contributed by atoms with Gasteiger partial charge in [0.1, 0.15) is 0 Å². The van der Waals surface area contributed by atoms with Gasteiger partial charge >= 0.3 is 0 Å². The third-order valence-corrected chi connectivity index (χ3v) is 6.13. The zero-order chi connectivity index (χ0) is 18.6. The molecular formula is C17H29ClN4O3S. The van der Waals surface area contributed by atoms with Gasteiger partial charge in [0, 0.05) is 45.5 Å². The molecule has 7 nitrogen and oxygen atoms in total. The third-order valence-electron chi connectivity index (χ3n) is 4.32. The van der Waals surface area contributed by atoms with Gasteiger partial charge < -0.3 is 16.0 Å². The summed E-state index contributed by atoms with van der Waals surface area (Å²) in [5.74, 6) is -0.265. The summed E-state index contributed by atoms with van der Waals surface area (Å²) in [5.41, 5.74) is 6.90. The van der Waals surface area contributed by atoms with Crippen LogP contribution >= 0.6 is 12.4 Å². The highest BCUT2D eigenvalue weighted by Crippen LogP contribution is 2.28. The van der Waals surface area contributed by atoms with Crippen molar-refractivity contribution >= 4 is 34.0 Å². The van der Waals surface area contributed by atoms with Crippen molar-refractivity contribution in [1.82, 2.24) is 9.62 Å². The highest BCUT2D eigenvalue weighted by atomic mass is 35.5. The maximum Gasteiger partial charge on any atom is 0.253 e. The molecule has 1 fully saturated rings. The number of hydrogen-bond donors (Lipinski definition) is 2. The summed E-state index contributed by atoms with van der Waals surface area (Å²) in [7, 11) is -0.636. The van der Waals surface area contributed by atoms with Crippen molar-refractivity contribution < 1.29 is 13.2 Å². The van der Waals surface area contributed by atoms with Crippen LogP contribution < -0.4 is 16.0 Å². The van der Waals surface area contributed by atoms with Crippen LogP contribution in [0.5, 0.6) is 0 Å². The molecule has 0 aliphatic carbocycles. The molecule has 148 valence electrons. The molecule has 26 heavy (non-hydrogen) atoms. The number of amides is 1. The first kappa shape index (κ1) is 22.7. The minimum absolute atomic E-state index is 0. The monoisotopic (exact) mass is 404 g/mol. The van der Waals surface area contributed by atoms with Gasteiger partial charge in [0.05, 0.1) is 10.5 Å². The van der Waals surface area contributed by atoms with Crippen molar-refractivity contribution in [3.8, 4) is 0 Å². The lowest BCUT2D eigenvalue weighted by Gasteiger charge is -2.22. The molecule has 3 N–H and O–H groups in total. The maximum atomic E-state index is 12.7. The number of nitrogens with two attached hydrogens (primary N) is 1. The molecule has 0 spiro atoms. The lowest BCUT2D eigenvalue weighted by Crippen LogP contribution is -2.31. The van der Waals surface area contributed by atoms with Crippen LogP contribution in [0.2, 0.25) is 0 Å². The molecule has 1 atom stereocenters. The van der Waals surface area contributed by atoms with E-state index in [1.807, 2.05) is 6.92 Å². The van der Waals surface area contributed by atoms with Crippen molar-refractivity contribution in [2.75, 3.05) is 38.6 Å². The molecule has 1 aromatic carbocycles. The minimum atomic E-state index is -3.59. The van der Waals surface area contributed by atoms with E-state index in [-0.39, 0.29) is 29.3 Å². The molecule has 1 aromatic rings. The summed E-state index contributed by atoms with van der Waals surface area (Å²) < 4.78 is 26.0. The zero-order valence-electron chi connectivity index (χ0n) is 15.6. The summed E-state index contributed by atoms with van der Waals surface area (Å²) in [6.07, 6.45) is 2.81. The average molecular weight is 405 g/mol. The molecule has 9 heteroatoms. The highest BCUT2D eigenvalue weighted by molar-refractivity contribution is 7.89. The molecule has 1 heterocycles. The number of sulfonamides is 1. The molecule has 1 aliphatic rings. The molecule has 1 saturated heterocycles. The van der Waals surface area contributed by atoms with Crippen molar-refractivity contribution in [3.63, 3.8) is 0 Å². The van der Waals surface area contributed by atoms with Gasteiger partial charge in [-0.15, -0.1) is 12.4 Å². The lowest BCUT2D eigenvalue weighted by atomic mass is 10.1. The number of carbonyl (C=O) groups is 1. The second-order valence-electron chi connectivity index (χ2n) is 6.68. The Kier molecular flexibility index (Phi) is 8.33. The smallest absolute Gasteiger partial charge is 0.253 e. The Morgan fingerprint density at radius 3 is 2.46 bits per heavy atom. The van der Waals surface area contributed by atoms with Gasteiger partial charge in [0.25, 0.3) is 5.91 Å². The summed E-state index contributed by atoms with van der Waals surface area (Å²) in [5, 5.41) is 2.85. The Bertz CT molecular complexity index is 717. The molecular weight excluding hydrogens is 376 g/mol. The minimum Gasteiger partial charge on any atom is -0.371 e. The summed E-state index contributed by atoms with van der Waals surface area (Å²) >= 11 is 0. The number of hydrogen-bond acceptors (Lipinski definition) is 5. The average Bonchev–Trinajstić information content (AvgIpc) is 3.07. The van der Waals surface area contributed by atoms with Crippen LogP contribution in [0, 0.1) is 0 Å². The van der Waals surface area contributed by atoms with Crippen LogP contribution in [0.4, 0.5) is 5.69 Å². The van der Waals surface area contributed by atoms with Gasteiger partial charge in [0.2, 0.25) is 10.0 Å². The summed E-state index contributed by atoms with van der Waals surface area (Å²) in [4.78, 5) is 14.9. The van der Waals surface area contributed by atoms with Gasteiger partial charge in [-0.3, -0.25) is 4.79 Å². The lowest BCUT2D eigenvalue weighted by molar-refractivity contribution is 0.0953. The number of rotatable bonds is 7. The fourth-order valence-electron chi connectivity index (χ4n) is 2.81. The fourth-order valence-corrected chi connectivity index (χ4v) is 3.74. The first-order valence-corrected chi connectivity index (χ1v) is 10.0. The molecule has 1 amide bonds. The zero-order valence-corrected chi connectivity index (χ0v) is 17.2. The van der Waals surface area contributed by atoms with Gasteiger partial charge in [-0.1, -0.05) is 0 Å². The largest absolute Gasteiger partial charge is 0.371 e. The Hall–Kier alpha value is -1.35. The third kappa shape index (κ3) is 5.33. The first-order chi connectivity index (χ1) is 11.7. The topological polar surface area (TPSA) is 95.7 Å². The quantitative estimate of drug-likeness (QED) is 0.716. The first-order valence-electron chi connectivity index (χ1n) is 8.59. The van der Waals surface area contributed by atoms with Crippen LogP contribution in [0.15, 0.2) is 23.1 Å². The Labute approximate surface area is 162 Å². The van der Waals surface area contributed by atoms with E-state index in [1.165, 1.54) is 20.2 Å². The fraction of sp³-hybridized carbons (Fsp3) is 0.588. The van der Waals surface area contributed by atoms with Gasteiger partial charge in [0.15, 0.2) is 0 Å². The van der Waals surface area contributed by atoms with E-state index in [2.05, 4.69) is 10.2 Å². The van der Waals surface area contributed by atoms with Crippen molar-refractivity contribution in [3.05, 3.63) is 23.8 Å². The van der Waals surface area contributed by atoms with E-state index in [0.29, 0.717) is 18.5 Å². The van der Waals surface area contributed by atoms with E-state index in [9.17, 15) is 13.2 Å². The number of nitrogens with zero attached hydrogens (tertiary/aromatic N) is 2. The molecule has 1 unspecified atom stereocenters. The van der Waals surface area contributed by atoms with Crippen LogP contribution in [0.1, 0.15) is 36.5 Å². The molecule has 0 saturated carbocycles. The van der Waals surface area contributed by atoms with Gasteiger partial charge in [-0.2, -0.15) is 0 Å². The molecule has 1 aliphatic heterocycles. The number of nitrogens with one attached hydrogen (secondary N) is 1. The van der Waals surface area contributed by atoms with E-state index < -0.39 is 10.0 Å². The molecule has 2 rings (SSSR count). The number of benzene rings is 1. The van der Waals surface area contributed by atoms with Crippen LogP contribution in [0.25, 0.3) is 0 Å².